The number of hydrogen-bond acceptors (Lipinski definition) is 6. The molecule has 8 N–H and O–H groups in total. The van der Waals surface area contributed by atoms with E-state index in [9.17, 15) is 0 Å². The third kappa shape index (κ3) is 8.66. The van der Waals surface area contributed by atoms with Crippen molar-refractivity contribution in [3.05, 3.63) is 0 Å². The van der Waals surface area contributed by atoms with E-state index in [-0.39, 0.29) is 13.2 Å². The van der Waals surface area contributed by atoms with Crippen LogP contribution in [0.3, 0.4) is 0 Å². The average molecular weight is 568 g/mol. The minimum Gasteiger partial charge on any atom is -0.396 e. The van der Waals surface area contributed by atoms with E-state index in [1.54, 1.807) is 0 Å². The quantitative estimate of drug-likeness (QED) is 0.188. The van der Waals surface area contributed by atoms with Crippen molar-refractivity contribution in [3.8, 4) is 0 Å². The van der Waals surface area contributed by atoms with Gasteiger partial charge in [-0.15, -0.1) is 0 Å². The molecule has 238 valence electrons. The Kier molecular flexibility index (Phi) is 16.6. The summed E-state index contributed by atoms with van der Waals surface area (Å²) < 4.78 is 6.82. The highest BCUT2D eigenvalue weighted by Gasteiger charge is 2.63. The molecule has 4 saturated carbocycles. The second-order valence-electron chi connectivity index (χ2n) is 14.0. The van der Waals surface area contributed by atoms with Gasteiger partial charge in [-0.3, -0.25) is 0 Å². The predicted octanol–water partition coefficient (Wildman–Crippen LogP) is 5.86. The van der Waals surface area contributed by atoms with Gasteiger partial charge in [-0.1, -0.05) is 59.8 Å². The number of aliphatic hydroxyl groups excluding tert-OH is 2. The second-order valence-corrected chi connectivity index (χ2v) is 14.0. The lowest BCUT2D eigenvalue weighted by molar-refractivity contribution is -0.185. The smallest absolute Gasteiger partial charge is 0.0637 e. The first-order valence-corrected chi connectivity index (χ1v) is 17.2. The minimum absolute atomic E-state index is 0.219. The molecule has 9 atom stereocenters. The summed E-state index contributed by atoms with van der Waals surface area (Å²) in [5.41, 5.74) is 16.8. The average Bonchev–Trinajstić information content (AvgIpc) is 3.31. The highest BCUT2D eigenvalue weighted by molar-refractivity contribution is 5.12. The summed E-state index contributed by atoms with van der Waals surface area (Å²) in [4.78, 5) is 0. The Morgan fingerprint density at radius 3 is 2.08 bits per heavy atom. The molecular weight excluding hydrogens is 498 g/mol. The molecule has 0 saturated heterocycles. The molecule has 0 heterocycles. The first-order chi connectivity index (χ1) is 19.3. The van der Waals surface area contributed by atoms with Crippen molar-refractivity contribution in [2.45, 2.75) is 130 Å². The van der Waals surface area contributed by atoms with Gasteiger partial charge >= 0.3 is 0 Å². The largest absolute Gasteiger partial charge is 0.396 e. The lowest BCUT2D eigenvalue weighted by Crippen LogP contribution is -2.58. The van der Waals surface area contributed by atoms with E-state index in [0.717, 1.165) is 67.9 Å². The fourth-order valence-electron chi connectivity index (χ4n) is 9.66. The van der Waals surface area contributed by atoms with Crippen LogP contribution in [0, 0.1) is 46.3 Å². The first-order valence-electron chi connectivity index (χ1n) is 17.2. The van der Waals surface area contributed by atoms with Gasteiger partial charge in [0.15, 0.2) is 0 Å². The molecule has 4 rings (SSSR count). The molecule has 4 aliphatic carbocycles. The lowest BCUT2D eigenvalue weighted by atomic mass is 9.44. The van der Waals surface area contributed by atoms with Gasteiger partial charge < -0.3 is 32.2 Å². The van der Waals surface area contributed by atoms with Crippen molar-refractivity contribution in [1.82, 2.24) is 0 Å². The Labute approximate surface area is 247 Å². The van der Waals surface area contributed by atoms with Crippen LogP contribution in [-0.2, 0) is 4.74 Å². The number of rotatable bonds is 12. The molecule has 0 aromatic carbocycles. The lowest BCUT2D eigenvalue weighted by Gasteiger charge is -2.62. The Morgan fingerprint density at radius 2 is 1.50 bits per heavy atom. The third-order valence-corrected chi connectivity index (χ3v) is 11.8. The topological polar surface area (TPSA) is 128 Å². The summed E-state index contributed by atoms with van der Waals surface area (Å²) in [7, 11) is 0. The standard InChI is InChI=1S/C28H51NO.2C3H9NO/c1-5-6-10-20(2)23-14-15-24-22-13-12-21-11-7-8-16-27(21,3)25(22)19-26(28(23,24)4)30-18-9-17-29;2*4-2-1-3-5/h20-26H,5-19,29H2,1-4H3;2*5H,1-4H2/t20-,21?,22?,23?,24?,25?,26+,27+,28-;;/m1../s1. The Balaban J connectivity index is 0.000000482. The zero-order valence-electron chi connectivity index (χ0n) is 26.9. The number of aliphatic hydroxyl groups is 2. The van der Waals surface area contributed by atoms with Gasteiger partial charge in [0.05, 0.1) is 6.10 Å². The third-order valence-electron chi connectivity index (χ3n) is 11.8. The van der Waals surface area contributed by atoms with E-state index in [2.05, 4.69) is 27.7 Å². The molecule has 0 aromatic heterocycles. The van der Waals surface area contributed by atoms with Crippen LogP contribution in [0.4, 0.5) is 0 Å². The Hall–Kier alpha value is -0.240. The molecule has 4 aliphatic rings. The van der Waals surface area contributed by atoms with Crippen LogP contribution in [0.2, 0.25) is 0 Å². The fraction of sp³-hybridized carbons (Fsp3) is 1.00. The summed E-state index contributed by atoms with van der Waals surface area (Å²) in [6.07, 6.45) is 20.3. The van der Waals surface area contributed by atoms with Crippen molar-refractivity contribution in [3.63, 3.8) is 0 Å². The highest BCUT2D eigenvalue weighted by atomic mass is 16.5. The minimum atomic E-state index is 0.219. The van der Waals surface area contributed by atoms with Crippen LogP contribution < -0.4 is 17.2 Å². The number of ether oxygens (including phenoxy) is 1. The Bertz CT molecular complexity index is 656. The van der Waals surface area contributed by atoms with Crippen LogP contribution in [0.15, 0.2) is 0 Å². The zero-order chi connectivity index (χ0) is 29.6. The van der Waals surface area contributed by atoms with Crippen molar-refractivity contribution < 1.29 is 14.9 Å². The van der Waals surface area contributed by atoms with Gasteiger partial charge in [-0.2, -0.15) is 0 Å². The molecule has 0 bridgehead atoms. The molecule has 6 nitrogen and oxygen atoms in total. The van der Waals surface area contributed by atoms with Crippen molar-refractivity contribution in [2.24, 2.45) is 63.5 Å². The maximum absolute atomic E-state index is 7.99. The van der Waals surface area contributed by atoms with E-state index in [4.69, 9.17) is 32.2 Å². The number of nitrogens with two attached hydrogens (primary N) is 3. The van der Waals surface area contributed by atoms with E-state index in [1.807, 2.05) is 0 Å². The molecule has 0 aliphatic heterocycles. The second kappa shape index (κ2) is 18.4. The summed E-state index contributed by atoms with van der Waals surface area (Å²) in [5.74, 6) is 5.46. The predicted molar refractivity (Wildman–Crippen MR) is 169 cm³/mol. The van der Waals surface area contributed by atoms with Crippen LogP contribution in [-0.4, -0.2) is 55.8 Å². The molecule has 6 heteroatoms. The molecule has 0 spiro atoms. The summed E-state index contributed by atoms with van der Waals surface area (Å²) in [6, 6.07) is 0. The number of unbranched alkanes of at least 4 members (excludes halogenated alkanes) is 1. The number of hydrogen-bond donors (Lipinski definition) is 5. The maximum Gasteiger partial charge on any atom is 0.0637 e. The van der Waals surface area contributed by atoms with Crippen LogP contribution in [0.1, 0.15) is 124 Å². The molecular formula is C34H69N3O3. The van der Waals surface area contributed by atoms with Crippen molar-refractivity contribution >= 4 is 0 Å². The highest BCUT2D eigenvalue weighted by Crippen LogP contribution is 2.68. The van der Waals surface area contributed by atoms with Gasteiger partial charge in [0.1, 0.15) is 0 Å². The molecule has 0 amide bonds. The van der Waals surface area contributed by atoms with Gasteiger partial charge in [0.2, 0.25) is 0 Å². The first kappa shape index (κ1) is 36.0. The maximum atomic E-state index is 7.99. The van der Waals surface area contributed by atoms with E-state index in [1.165, 1.54) is 77.0 Å². The summed E-state index contributed by atoms with van der Waals surface area (Å²) >= 11 is 0. The molecule has 0 aromatic rings. The van der Waals surface area contributed by atoms with Gasteiger partial charge in [-0.25, -0.2) is 0 Å². The Morgan fingerprint density at radius 1 is 0.825 bits per heavy atom. The number of fused-ring (bicyclic) bond motifs is 5. The molecule has 5 unspecified atom stereocenters. The van der Waals surface area contributed by atoms with E-state index < -0.39 is 0 Å². The summed E-state index contributed by atoms with van der Waals surface area (Å²) in [5, 5.41) is 16.0. The van der Waals surface area contributed by atoms with Crippen LogP contribution in [0.25, 0.3) is 0 Å². The normalized spacial score (nSPS) is 37.1. The fourth-order valence-corrected chi connectivity index (χ4v) is 9.66. The monoisotopic (exact) mass is 568 g/mol. The van der Waals surface area contributed by atoms with Gasteiger partial charge in [-0.05, 0) is 130 Å². The SMILES string of the molecule is CCCC[C@@H](C)C1CCC2C3CCC4CCCC[C@]4(C)C3C[C@H](OCCCN)[C@@]21C.NCCCO.NCCCO. The molecule has 40 heavy (non-hydrogen) atoms. The van der Waals surface area contributed by atoms with Crippen LogP contribution in [0.5, 0.6) is 0 Å². The molecule has 4 fully saturated rings. The van der Waals surface area contributed by atoms with E-state index in [0.29, 0.717) is 30.0 Å². The van der Waals surface area contributed by atoms with Crippen molar-refractivity contribution in [1.29, 1.82) is 0 Å². The van der Waals surface area contributed by atoms with Crippen LogP contribution >= 0.6 is 0 Å². The van der Waals surface area contributed by atoms with Crippen molar-refractivity contribution in [2.75, 3.05) is 39.5 Å². The zero-order valence-corrected chi connectivity index (χ0v) is 26.9. The summed E-state index contributed by atoms with van der Waals surface area (Å²) in [6.45, 7) is 13.5. The molecule has 0 radical (unpaired) electrons. The van der Waals surface area contributed by atoms with Gasteiger partial charge in [0, 0.05) is 19.8 Å². The van der Waals surface area contributed by atoms with Gasteiger partial charge in [0.25, 0.3) is 0 Å². The van der Waals surface area contributed by atoms with E-state index >= 15 is 0 Å².